The molecule has 0 saturated heterocycles. The topological polar surface area (TPSA) is 75.7 Å². The number of nitrogens with zero attached hydrogens (tertiary/aromatic N) is 1. The highest BCUT2D eigenvalue weighted by Gasteiger charge is 2.31. The summed E-state index contributed by atoms with van der Waals surface area (Å²) in [6.45, 7) is 5.37. The predicted molar refractivity (Wildman–Crippen MR) is 117 cm³/mol. The number of carbonyl (C=O) groups is 1. The van der Waals surface area contributed by atoms with Crippen LogP contribution in [0.5, 0.6) is 5.75 Å². The fourth-order valence-electron chi connectivity index (χ4n) is 3.22. The van der Waals surface area contributed by atoms with Crippen LogP contribution >= 0.6 is 0 Å². The molecule has 0 aromatic heterocycles. The summed E-state index contributed by atoms with van der Waals surface area (Å²) in [6.07, 6.45) is 2.69. The molecule has 2 aromatic carbocycles. The van der Waals surface area contributed by atoms with Crippen LogP contribution in [0, 0.1) is 6.92 Å². The molecule has 2 atom stereocenters. The largest absolute Gasteiger partial charge is 0.495 e. The normalized spacial score (nSPS) is 13.4. The van der Waals surface area contributed by atoms with Crippen LogP contribution in [0.3, 0.4) is 0 Å². The number of aryl methyl sites for hydroxylation is 2. The fourth-order valence-corrected chi connectivity index (χ4v) is 4.39. The van der Waals surface area contributed by atoms with E-state index in [1.807, 2.05) is 50.2 Å². The number of nitrogens with one attached hydrogen (secondary N) is 1. The zero-order chi connectivity index (χ0) is 21.6. The Kier molecular flexibility index (Phi) is 7.67. The minimum absolute atomic E-state index is 0.0917. The first-order valence-corrected chi connectivity index (χ1v) is 11.5. The highest BCUT2D eigenvalue weighted by Crippen LogP contribution is 2.32. The third-order valence-electron chi connectivity index (χ3n) is 4.76. The molecule has 29 heavy (non-hydrogen) atoms. The number of benzene rings is 2. The average molecular weight is 419 g/mol. The predicted octanol–water partition coefficient (Wildman–Crippen LogP) is 3.30. The van der Waals surface area contributed by atoms with E-state index in [1.54, 1.807) is 19.1 Å². The van der Waals surface area contributed by atoms with E-state index in [2.05, 4.69) is 5.32 Å². The molecule has 6 nitrogen and oxygen atoms in total. The second-order valence-corrected chi connectivity index (χ2v) is 9.20. The molecular weight excluding hydrogens is 388 g/mol. The van der Waals surface area contributed by atoms with E-state index in [-0.39, 0.29) is 11.9 Å². The summed E-state index contributed by atoms with van der Waals surface area (Å²) in [7, 11) is -2.23. The Balaban J connectivity index is 2.16. The Labute approximate surface area is 173 Å². The van der Waals surface area contributed by atoms with Crippen LogP contribution in [-0.4, -0.2) is 39.8 Å². The monoisotopic (exact) mass is 418 g/mol. The number of hydrogen-bond acceptors (Lipinski definition) is 4. The summed E-state index contributed by atoms with van der Waals surface area (Å²) in [4.78, 5) is 12.9. The van der Waals surface area contributed by atoms with Crippen molar-refractivity contribution in [2.45, 2.75) is 45.7 Å². The molecule has 0 radical (unpaired) electrons. The average Bonchev–Trinajstić information content (AvgIpc) is 2.66. The van der Waals surface area contributed by atoms with Crippen LogP contribution in [0.4, 0.5) is 5.69 Å². The van der Waals surface area contributed by atoms with Crippen molar-refractivity contribution in [3.63, 3.8) is 0 Å². The third kappa shape index (κ3) is 6.22. The number of hydrogen-bond donors (Lipinski definition) is 1. The van der Waals surface area contributed by atoms with Gasteiger partial charge in [0, 0.05) is 6.04 Å². The highest BCUT2D eigenvalue weighted by molar-refractivity contribution is 7.92. The van der Waals surface area contributed by atoms with Gasteiger partial charge in [0.2, 0.25) is 15.9 Å². The molecule has 0 bridgehead atoms. The van der Waals surface area contributed by atoms with Crippen molar-refractivity contribution in [2.24, 2.45) is 0 Å². The minimum atomic E-state index is -3.71. The van der Waals surface area contributed by atoms with Crippen LogP contribution in [-0.2, 0) is 21.2 Å². The van der Waals surface area contributed by atoms with Crippen molar-refractivity contribution in [2.75, 3.05) is 17.7 Å². The first kappa shape index (κ1) is 22.7. The molecule has 0 aliphatic carbocycles. The van der Waals surface area contributed by atoms with Gasteiger partial charge in [-0.1, -0.05) is 36.4 Å². The maximum Gasteiger partial charge on any atom is 0.243 e. The zero-order valence-corrected chi connectivity index (χ0v) is 18.5. The highest BCUT2D eigenvalue weighted by atomic mass is 32.2. The van der Waals surface area contributed by atoms with Gasteiger partial charge < -0.3 is 10.1 Å². The number of amides is 1. The van der Waals surface area contributed by atoms with Gasteiger partial charge in [-0.25, -0.2) is 8.42 Å². The molecule has 0 fully saturated rings. The third-order valence-corrected chi connectivity index (χ3v) is 5.99. The maximum atomic E-state index is 12.9. The SMILES string of the molecule is COc1ccc(C)cc1N([C@H](C)C(=O)N[C@H](C)CCc1ccccc1)S(C)(=O)=O. The van der Waals surface area contributed by atoms with Crippen molar-refractivity contribution in [3.05, 3.63) is 59.7 Å². The van der Waals surface area contributed by atoms with E-state index in [0.29, 0.717) is 11.4 Å². The van der Waals surface area contributed by atoms with E-state index < -0.39 is 16.1 Å². The Morgan fingerprint density at radius 1 is 1.14 bits per heavy atom. The van der Waals surface area contributed by atoms with E-state index in [1.165, 1.54) is 12.7 Å². The molecule has 0 aliphatic rings. The lowest BCUT2D eigenvalue weighted by atomic mass is 10.1. The van der Waals surface area contributed by atoms with Gasteiger partial charge in [-0.2, -0.15) is 0 Å². The number of rotatable bonds is 9. The molecule has 0 aliphatic heterocycles. The van der Waals surface area contributed by atoms with Crippen molar-refractivity contribution < 1.29 is 17.9 Å². The number of anilines is 1. The standard InChI is InChI=1S/C22H30N2O4S/c1-16-11-14-21(28-4)20(15-16)24(29(5,26)27)18(3)22(25)23-17(2)12-13-19-9-7-6-8-10-19/h6-11,14-15,17-18H,12-13H2,1-5H3,(H,23,25)/t17-,18-/m1/s1. The minimum Gasteiger partial charge on any atom is -0.495 e. The Bertz CT molecular complexity index is 929. The molecule has 0 heterocycles. The summed E-state index contributed by atoms with van der Waals surface area (Å²) in [5, 5.41) is 2.94. The van der Waals surface area contributed by atoms with E-state index in [9.17, 15) is 13.2 Å². The van der Waals surface area contributed by atoms with Crippen LogP contribution in [0.1, 0.15) is 31.4 Å². The lowest BCUT2D eigenvalue weighted by Gasteiger charge is -2.30. The first-order valence-electron chi connectivity index (χ1n) is 9.62. The Morgan fingerprint density at radius 3 is 2.38 bits per heavy atom. The summed E-state index contributed by atoms with van der Waals surface area (Å²) in [6, 6.07) is 14.3. The molecule has 0 unspecified atom stereocenters. The molecule has 0 spiro atoms. The van der Waals surface area contributed by atoms with Gasteiger partial charge in [-0.3, -0.25) is 9.10 Å². The van der Waals surface area contributed by atoms with Gasteiger partial charge in [-0.05, 0) is 56.9 Å². The molecule has 7 heteroatoms. The molecule has 0 saturated carbocycles. The molecule has 2 rings (SSSR count). The first-order chi connectivity index (χ1) is 13.6. The quantitative estimate of drug-likeness (QED) is 0.678. The van der Waals surface area contributed by atoms with Gasteiger partial charge >= 0.3 is 0 Å². The van der Waals surface area contributed by atoms with Crippen LogP contribution in [0.25, 0.3) is 0 Å². The summed E-state index contributed by atoms with van der Waals surface area (Å²) in [5.41, 5.74) is 2.43. The van der Waals surface area contributed by atoms with Crippen LogP contribution in [0.2, 0.25) is 0 Å². The van der Waals surface area contributed by atoms with Gasteiger partial charge in [0.15, 0.2) is 0 Å². The Morgan fingerprint density at radius 2 is 1.79 bits per heavy atom. The second-order valence-electron chi connectivity index (χ2n) is 7.34. The van der Waals surface area contributed by atoms with Crippen molar-refractivity contribution in [1.82, 2.24) is 5.32 Å². The van der Waals surface area contributed by atoms with Gasteiger partial charge in [0.25, 0.3) is 0 Å². The molecule has 1 amide bonds. The van der Waals surface area contributed by atoms with Crippen LogP contribution < -0.4 is 14.4 Å². The van der Waals surface area contributed by atoms with Crippen molar-refractivity contribution in [1.29, 1.82) is 0 Å². The number of ether oxygens (including phenoxy) is 1. The maximum absolute atomic E-state index is 12.9. The van der Waals surface area contributed by atoms with Gasteiger partial charge in [0.05, 0.1) is 19.1 Å². The number of sulfonamides is 1. The molecule has 158 valence electrons. The number of methoxy groups -OCH3 is 1. The lowest BCUT2D eigenvalue weighted by molar-refractivity contribution is -0.122. The summed E-state index contributed by atoms with van der Waals surface area (Å²) >= 11 is 0. The fraction of sp³-hybridized carbons (Fsp3) is 0.409. The van der Waals surface area contributed by atoms with Crippen molar-refractivity contribution in [3.8, 4) is 5.75 Å². The lowest BCUT2D eigenvalue weighted by Crippen LogP contribution is -2.50. The van der Waals surface area contributed by atoms with E-state index in [0.717, 1.165) is 29.0 Å². The molecule has 1 N–H and O–H groups in total. The number of carbonyl (C=O) groups excluding carboxylic acids is 1. The van der Waals surface area contributed by atoms with Crippen molar-refractivity contribution >= 4 is 21.6 Å². The Hall–Kier alpha value is -2.54. The smallest absolute Gasteiger partial charge is 0.243 e. The second kappa shape index (κ2) is 9.78. The summed E-state index contributed by atoms with van der Waals surface area (Å²) < 4.78 is 31.5. The molecular formula is C22H30N2O4S. The van der Waals surface area contributed by atoms with E-state index in [4.69, 9.17) is 4.74 Å². The summed E-state index contributed by atoms with van der Waals surface area (Å²) in [5.74, 6) is 0.0531. The van der Waals surface area contributed by atoms with Crippen LogP contribution in [0.15, 0.2) is 48.5 Å². The van der Waals surface area contributed by atoms with Gasteiger partial charge in [0.1, 0.15) is 11.8 Å². The molecule has 2 aromatic rings. The van der Waals surface area contributed by atoms with E-state index >= 15 is 0 Å². The van der Waals surface area contributed by atoms with Gasteiger partial charge in [-0.15, -0.1) is 0 Å². The zero-order valence-electron chi connectivity index (χ0n) is 17.7.